The number of hydrogen-bond acceptors (Lipinski definition) is 4. The minimum Gasteiger partial charge on any atom is -0.495 e. The van der Waals surface area contributed by atoms with Gasteiger partial charge in [0.15, 0.2) is 11.5 Å². The van der Waals surface area contributed by atoms with Crippen LogP contribution in [0.15, 0.2) is 6.07 Å². The van der Waals surface area contributed by atoms with E-state index >= 15 is 0 Å². The Bertz CT molecular complexity index is 521. The molecule has 0 saturated carbocycles. The molecule has 5 nitrogen and oxygen atoms in total. The molecule has 19 heavy (non-hydrogen) atoms. The van der Waals surface area contributed by atoms with E-state index in [0.717, 1.165) is 0 Å². The summed E-state index contributed by atoms with van der Waals surface area (Å²) < 4.78 is 16.0. The largest absolute Gasteiger partial charge is 0.495 e. The first-order chi connectivity index (χ1) is 8.86. The zero-order valence-corrected chi connectivity index (χ0v) is 11.7. The fourth-order valence-electron chi connectivity index (χ4n) is 1.96. The van der Waals surface area contributed by atoms with Crippen molar-refractivity contribution < 1.29 is 24.1 Å². The third-order valence-electron chi connectivity index (χ3n) is 3.07. The minimum atomic E-state index is -0.961. The summed E-state index contributed by atoms with van der Waals surface area (Å²) in [7, 11) is 1.49. The van der Waals surface area contributed by atoms with Gasteiger partial charge in [-0.15, -0.1) is 0 Å². The number of ether oxygens (including phenoxy) is 3. The molecule has 1 aromatic rings. The van der Waals surface area contributed by atoms with Crippen LogP contribution >= 0.6 is 11.6 Å². The van der Waals surface area contributed by atoms with Crippen LogP contribution in [0.2, 0.25) is 5.02 Å². The molecule has 0 aliphatic carbocycles. The van der Waals surface area contributed by atoms with Gasteiger partial charge in [-0.3, -0.25) is 4.79 Å². The molecule has 2 rings (SSSR count). The van der Waals surface area contributed by atoms with Gasteiger partial charge in [0.05, 0.1) is 17.5 Å². The van der Waals surface area contributed by atoms with Gasteiger partial charge in [0.2, 0.25) is 6.79 Å². The average molecular weight is 287 g/mol. The Hall–Kier alpha value is -1.62. The van der Waals surface area contributed by atoms with Crippen molar-refractivity contribution in [2.45, 2.75) is 20.3 Å². The van der Waals surface area contributed by atoms with Crippen LogP contribution in [0.25, 0.3) is 0 Å². The van der Waals surface area contributed by atoms with E-state index in [1.54, 1.807) is 19.9 Å². The number of benzene rings is 1. The SMILES string of the molecule is COc1c(Cl)cc2c(c1CC(C)(C)C(=O)O)OCO2. The molecular formula is C13H15ClO5. The Kier molecular flexibility index (Phi) is 3.49. The summed E-state index contributed by atoms with van der Waals surface area (Å²) >= 11 is 6.11. The predicted molar refractivity (Wildman–Crippen MR) is 69.2 cm³/mol. The molecule has 0 unspecified atom stereocenters. The molecule has 1 heterocycles. The van der Waals surface area contributed by atoms with Crippen molar-refractivity contribution in [3.8, 4) is 17.2 Å². The van der Waals surface area contributed by atoms with Crippen molar-refractivity contribution in [2.75, 3.05) is 13.9 Å². The van der Waals surface area contributed by atoms with Crippen LogP contribution in [0, 0.1) is 5.41 Å². The lowest BCUT2D eigenvalue weighted by Gasteiger charge is -2.22. The fraction of sp³-hybridized carbons (Fsp3) is 0.462. The maximum atomic E-state index is 11.3. The quantitative estimate of drug-likeness (QED) is 0.922. The van der Waals surface area contributed by atoms with Gasteiger partial charge in [-0.05, 0) is 20.3 Å². The van der Waals surface area contributed by atoms with E-state index in [4.69, 9.17) is 25.8 Å². The summed E-state index contributed by atoms with van der Waals surface area (Å²) in [6.45, 7) is 3.37. The lowest BCUT2D eigenvalue weighted by atomic mass is 9.85. The van der Waals surface area contributed by atoms with Crippen molar-refractivity contribution in [3.63, 3.8) is 0 Å². The maximum absolute atomic E-state index is 11.3. The molecule has 1 aliphatic rings. The number of fused-ring (bicyclic) bond motifs is 1. The summed E-state index contributed by atoms with van der Waals surface area (Å²) in [5.74, 6) is 0.556. The summed E-state index contributed by atoms with van der Waals surface area (Å²) in [6, 6.07) is 1.61. The van der Waals surface area contributed by atoms with E-state index < -0.39 is 11.4 Å². The molecule has 0 spiro atoms. The summed E-state index contributed by atoms with van der Waals surface area (Å²) in [5, 5.41) is 9.62. The number of carbonyl (C=O) groups is 1. The fourth-order valence-corrected chi connectivity index (χ4v) is 2.25. The van der Waals surface area contributed by atoms with Gasteiger partial charge < -0.3 is 19.3 Å². The number of hydrogen-bond donors (Lipinski definition) is 1. The van der Waals surface area contributed by atoms with E-state index in [2.05, 4.69) is 0 Å². The molecule has 1 aromatic carbocycles. The smallest absolute Gasteiger partial charge is 0.309 e. The van der Waals surface area contributed by atoms with E-state index in [0.29, 0.717) is 27.8 Å². The molecule has 6 heteroatoms. The Morgan fingerprint density at radius 1 is 1.53 bits per heavy atom. The highest BCUT2D eigenvalue weighted by Gasteiger charge is 2.33. The van der Waals surface area contributed by atoms with Crippen molar-refractivity contribution >= 4 is 17.6 Å². The molecule has 1 aliphatic heterocycles. The molecule has 0 fully saturated rings. The summed E-state index contributed by atoms with van der Waals surface area (Å²) in [5.41, 5.74) is -0.340. The molecular weight excluding hydrogens is 272 g/mol. The van der Waals surface area contributed by atoms with Gasteiger partial charge in [0.25, 0.3) is 0 Å². The second-order valence-electron chi connectivity index (χ2n) is 4.97. The molecule has 104 valence electrons. The number of carboxylic acids is 1. The lowest BCUT2D eigenvalue weighted by molar-refractivity contribution is -0.146. The van der Waals surface area contributed by atoms with Crippen LogP contribution in [0.5, 0.6) is 17.2 Å². The number of methoxy groups -OCH3 is 1. The van der Waals surface area contributed by atoms with Crippen molar-refractivity contribution in [1.29, 1.82) is 0 Å². The van der Waals surface area contributed by atoms with Crippen molar-refractivity contribution in [1.82, 2.24) is 0 Å². The lowest BCUT2D eigenvalue weighted by Crippen LogP contribution is -2.26. The van der Waals surface area contributed by atoms with Crippen LogP contribution in [-0.4, -0.2) is 25.0 Å². The van der Waals surface area contributed by atoms with E-state index in [9.17, 15) is 9.90 Å². The Labute approximate surface area is 116 Å². The van der Waals surface area contributed by atoms with Gasteiger partial charge in [-0.25, -0.2) is 0 Å². The van der Waals surface area contributed by atoms with Gasteiger partial charge in [0, 0.05) is 11.6 Å². The standard InChI is InChI=1S/C13H15ClO5/c1-13(2,12(15)16)5-7-10(17-3)8(14)4-9-11(7)19-6-18-9/h4H,5-6H2,1-3H3,(H,15,16). The molecule has 0 bridgehead atoms. The molecule has 0 amide bonds. The average Bonchev–Trinajstić information content (AvgIpc) is 2.76. The first-order valence-corrected chi connectivity index (χ1v) is 6.13. The number of aliphatic carboxylic acids is 1. The van der Waals surface area contributed by atoms with Gasteiger partial charge in [-0.1, -0.05) is 11.6 Å². The third kappa shape index (κ3) is 2.42. The monoisotopic (exact) mass is 286 g/mol. The second-order valence-corrected chi connectivity index (χ2v) is 5.38. The van der Waals surface area contributed by atoms with Gasteiger partial charge in [0.1, 0.15) is 5.75 Å². The maximum Gasteiger partial charge on any atom is 0.309 e. The zero-order valence-electron chi connectivity index (χ0n) is 10.9. The Balaban J connectivity index is 2.52. The first-order valence-electron chi connectivity index (χ1n) is 5.75. The number of rotatable bonds is 4. The number of carboxylic acid groups (broad SMARTS) is 1. The van der Waals surface area contributed by atoms with E-state index in [1.807, 2.05) is 0 Å². The molecule has 1 N–H and O–H groups in total. The van der Waals surface area contributed by atoms with E-state index in [-0.39, 0.29) is 13.2 Å². The highest BCUT2D eigenvalue weighted by atomic mass is 35.5. The minimum absolute atomic E-state index is 0.0966. The molecule has 0 atom stereocenters. The van der Waals surface area contributed by atoms with Gasteiger partial charge in [-0.2, -0.15) is 0 Å². The Morgan fingerprint density at radius 3 is 2.79 bits per heavy atom. The van der Waals surface area contributed by atoms with Crippen LogP contribution in [-0.2, 0) is 11.2 Å². The highest BCUT2D eigenvalue weighted by molar-refractivity contribution is 6.32. The summed E-state index contributed by atoms with van der Waals surface area (Å²) in [4.78, 5) is 11.3. The zero-order chi connectivity index (χ0) is 14.2. The molecule has 0 radical (unpaired) electrons. The van der Waals surface area contributed by atoms with E-state index in [1.165, 1.54) is 7.11 Å². The predicted octanol–water partition coefficient (Wildman–Crippen LogP) is 2.73. The van der Waals surface area contributed by atoms with Crippen LogP contribution in [0.3, 0.4) is 0 Å². The summed E-state index contributed by atoms with van der Waals surface area (Å²) in [6.07, 6.45) is 0.234. The Morgan fingerprint density at radius 2 is 2.21 bits per heavy atom. The van der Waals surface area contributed by atoms with Crippen molar-refractivity contribution in [3.05, 3.63) is 16.7 Å². The molecule has 0 saturated heterocycles. The third-order valence-corrected chi connectivity index (χ3v) is 3.35. The first kappa shape index (κ1) is 13.8. The van der Waals surface area contributed by atoms with Crippen LogP contribution in [0.1, 0.15) is 19.4 Å². The molecule has 0 aromatic heterocycles. The van der Waals surface area contributed by atoms with Gasteiger partial charge >= 0.3 is 5.97 Å². The van der Waals surface area contributed by atoms with Crippen LogP contribution in [0.4, 0.5) is 0 Å². The normalized spacial score (nSPS) is 13.5. The second kappa shape index (κ2) is 4.81. The number of halogens is 1. The topological polar surface area (TPSA) is 65.0 Å². The highest BCUT2D eigenvalue weighted by Crippen LogP contribution is 2.47. The van der Waals surface area contributed by atoms with Crippen LogP contribution < -0.4 is 14.2 Å². The van der Waals surface area contributed by atoms with Crippen molar-refractivity contribution in [2.24, 2.45) is 5.41 Å².